The summed E-state index contributed by atoms with van der Waals surface area (Å²) in [5, 5.41) is 162. The molecule has 0 aromatic carbocycles. The number of ether oxygens (including phenoxy) is 10. The number of rotatable bonds is 51. The summed E-state index contributed by atoms with van der Waals surface area (Å²) in [7, 11) is -11.3. The zero-order valence-electron chi connectivity index (χ0n) is 73.2. The first-order valence-corrected chi connectivity index (χ1v) is 45.5. The summed E-state index contributed by atoms with van der Waals surface area (Å²) in [6.07, 6.45) is -4.99. The molecule has 5 saturated heterocycles. The number of phosphoric acid groups is 2. The van der Waals surface area contributed by atoms with Crippen molar-refractivity contribution >= 4 is 21.6 Å². The molecule has 5 fully saturated rings. The highest BCUT2D eigenvalue weighted by molar-refractivity contribution is 7.61. The van der Waals surface area contributed by atoms with Crippen molar-refractivity contribution in [3.63, 3.8) is 0 Å². The Labute approximate surface area is 719 Å². The van der Waals surface area contributed by atoms with Crippen LogP contribution in [0.3, 0.4) is 0 Å². The van der Waals surface area contributed by atoms with Gasteiger partial charge >= 0.3 is 21.6 Å². The second-order valence-electron chi connectivity index (χ2n) is 33.0. The van der Waals surface area contributed by atoms with Crippen LogP contribution in [0.1, 0.15) is 218 Å². The first-order chi connectivity index (χ1) is 57.6. The fourth-order valence-electron chi connectivity index (χ4n) is 14.3. The van der Waals surface area contributed by atoms with E-state index in [1.807, 2.05) is 6.92 Å². The first-order valence-electron chi connectivity index (χ1n) is 42.5. The van der Waals surface area contributed by atoms with E-state index in [1.54, 1.807) is 13.0 Å². The van der Waals surface area contributed by atoms with Crippen molar-refractivity contribution in [2.24, 2.45) is 0 Å². The molecule has 35 heteroatoms. The van der Waals surface area contributed by atoms with E-state index >= 15 is 0 Å². The van der Waals surface area contributed by atoms with Crippen LogP contribution in [0.5, 0.6) is 0 Å². The SMILES string of the molecule is C/C=C(/C)CC/C=C(/C)CC/C=C(/C)CC/C=C(/C)CC/C=C(/C)CC/C=C(/C)CC/C=C(/C)CC/C=C(/C)CC/C=C(\C)CC/C=C(\C)CC/C=C(\C)COP(=O)(O)OP(=O)(O)O[C@H]1O[C@H](CO)[C@H](O)[C@H](O[C@@H]2O[C@H](CO)[C@@H](O[C@@H]3O[C@H](COC(C)=O)[C@@H](O[C@@H]4O[C@H](CO[C@@H]5O[C@H](CO)[C@@H](O)[C@H](O)[C@H]5O)[C@@H](O)[C@H](O)[C@H]4O)[C@H](O)[C@H]3O)[C@H](O)[C@H]2O)[C@H]1O. The molecule has 0 bridgehead atoms. The Bertz CT molecular complexity index is 3600. The minimum absolute atomic E-state index is 0.455. The lowest BCUT2D eigenvalue weighted by Gasteiger charge is -2.49. The number of esters is 1. The molecule has 700 valence electrons. The van der Waals surface area contributed by atoms with Crippen LogP contribution < -0.4 is 0 Å². The zero-order chi connectivity index (χ0) is 90.7. The predicted molar refractivity (Wildman–Crippen MR) is 451 cm³/mol. The summed E-state index contributed by atoms with van der Waals surface area (Å²) < 4.78 is 96.3. The van der Waals surface area contributed by atoms with Gasteiger partial charge in [0.25, 0.3) is 0 Å². The average molecular weight is 1780 g/mol. The number of aliphatic hydroxyl groups is 15. The van der Waals surface area contributed by atoms with E-state index in [1.165, 1.54) is 50.2 Å². The van der Waals surface area contributed by atoms with Crippen LogP contribution in [-0.4, -0.2) is 286 Å². The smallest absolute Gasteiger partial charge is 0.463 e. The summed E-state index contributed by atoms with van der Waals surface area (Å²) in [4.78, 5) is 33.3. The van der Waals surface area contributed by atoms with E-state index in [0.29, 0.717) is 18.4 Å². The maximum atomic E-state index is 13.3. The third-order valence-corrected chi connectivity index (χ3v) is 24.8. The molecule has 5 rings (SSSR count). The number of phosphoric ester groups is 2. The molecule has 17 N–H and O–H groups in total. The second-order valence-corrected chi connectivity index (χ2v) is 36.0. The Morgan fingerprint density at radius 3 is 0.975 bits per heavy atom. The summed E-state index contributed by atoms with van der Waals surface area (Å²) in [5.41, 5.74) is 14.5. The molecular formula is C87H144O33P2. The van der Waals surface area contributed by atoms with E-state index in [-0.39, 0.29) is 0 Å². The molecule has 0 aromatic rings. The molecule has 27 atom stereocenters. The standard InChI is InChI=1S/C87H144O33P2/c1-14-51(2)25-15-26-52(3)27-16-28-53(4)29-17-30-54(5)31-18-32-55(6)33-19-34-56(7)35-20-36-57(8)37-21-38-58(9)39-22-40-59(10)41-23-42-60(11)43-24-44-61(12)48-110-121(104,105)120-122(106,107)119-87-79(103)82(70(94)64(46-89)112-87)118-85-77(101)73(97)80(65(47-90)113-85)116-86-78(102)74(98)81(67(115-86)50-108-62(13)91)117-84-76(100)72(96)69(93)66(114-84)49-109-83-75(99)71(95)68(92)63(45-88)111-83/h14,26,28,30,32,34,36,38,40,42,44,63-90,92-103H,15-25,27,29,31,33,35,37,39,41,43,45-50H2,1-13H3,(H,104,105)(H,106,107)/b51-14-,52-26-,53-28-,54-30-,55-32-,56-34-,57-36-,58-38-,59-40+,60-42+,61-44+/t63-,64-,65-,66-,67-,68-,69-,70+,71+,72+,73-,74-,75-,76-,77-,78-,79-,80-,81-,82+,83-,84+,85+,86+,87-/m1/s1. The van der Waals surface area contributed by atoms with Gasteiger partial charge in [0, 0.05) is 6.92 Å². The third kappa shape index (κ3) is 37.2. The lowest BCUT2D eigenvalue weighted by molar-refractivity contribution is -0.388. The summed E-state index contributed by atoms with van der Waals surface area (Å²) in [5.74, 6) is -0.921. The van der Waals surface area contributed by atoms with Gasteiger partial charge in [-0.15, -0.1) is 0 Å². The van der Waals surface area contributed by atoms with Crippen LogP contribution in [0.4, 0.5) is 0 Å². The number of hydrogen-bond acceptors (Lipinski definition) is 31. The van der Waals surface area contributed by atoms with Gasteiger partial charge in [0.1, 0.15) is 129 Å². The van der Waals surface area contributed by atoms with Gasteiger partial charge < -0.3 is 134 Å². The van der Waals surface area contributed by atoms with Crippen molar-refractivity contribution < 1.29 is 161 Å². The van der Waals surface area contributed by atoms with Gasteiger partial charge in [-0.05, 0) is 212 Å². The van der Waals surface area contributed by atoms with Gasteiger partial charge in [0.15, 0.2) is 31.5 Å². The fraction of sp³-hybridized carbons (Fsp3) is 0.736. The van der Waals surface area contributed by atoms with Gasteiger partial charge in [-0.3, -0.25) is 13.8 Å². The summed E-state index contributed by atoms with van der Waals surface area (Å²) in [6.45, 7) is 21.5. The van der Waals surface area contributed by atoms with E-state index in [2.05, 4.69) is 134 Å². The normalized spacial score (nSPS) is 33.6. The highest BCUT2D eigenvalue weighted by Crippen LogP contribution is 2.61. The van der Waals surface area contributed by atoms with Crippen LogP contribution in [0.15, 0.2) is 128 Å². The summed E-state index contributed by atoms with van der Waals surface area (Å²) >= 11 is 0. The number of allylic oxidation sites excluding steroid dienone is 21. The molecule has 0 aromatic heterocycles. The molecule has 122 heavy (non-hydrogen) atoms. The second kappa shape index (κ2) is 55.1. The number of carbonyl (C=O) groups is 1. The van der Waals surface area contributed by atoms with Crippen LogP contribution in [0.25, 0.3) is 0 Å². The molecule has 0 saturated carbocycles. The molecular weight excluding hydrogens is 1630 g/mol. The van der Waals surface area contributed by atoms with Crippen LogP contribution in [0, 0.1) is 0 Å². The minimum atomic E-state index is -5.82. The van der Waals surface area contributed by atoms with E-state index in [9.17, 15) is 100 Å². The Morgan fingerprint density at radius 2 is 0.607 bits per heavy atom. The molecule has 0 aliphatic carbocycles. The Morgan fingerprint density at radius 1 is 0.311 bits per heavy atom. The topological polar surface area (TPSA) is 515 Å². The maximum absolute atomic E-state index is 13.3. The van der Waals surface area contributed by atoms with Crippen LogP contribution in [0.2, 0.25) is 0 Å². The Kier molecular flexibility index (Phi) is 48.9. The molecule has 0 spiro atoms. The summed E-state index contributed by atoms with van der Waals surface area (Å²) in [6, 6.07) is 0. The van der Waals surface area contributed by atoms with E-state index in [4.69, 9.17) is 56.4 Å². The quantitative estimate of drug-likeness (QED) is 0.0155. The number of carbonyl (C=O) groups excluding carboxylic acids is 1. The fourth-order valence-corrected chi connectivity index (χ4v) is 16.4. The van der Waals surface area contributed by atoms with Gasteiger partial charge in [-0.2, -0.15) is 4.31 Å². The Balaban J connectivity index is 1.00. The number of aliphatic hydroxyl groups excluding tert-OH is 15. The third-order valence-electron chi connectivity index (χ3n) is 22.3. The van der Waals surface area contributed by atoms with Crippen molar-refractivity contribution in [1.29, 1.82) is 0 Å². The van der Waals surface area contributed by atoms with Crippen molar-refractivity contribution in [2.75, 3.05) is 39.6 Å². The van der Waals surface area contributed by atoms with Gasteiger partial charge in [0.2, 0.25) is 0 Å². The molecule has 5 heterocycles. The molecule has 0 radical (unpaired) electrons. The Hall–Kier alpha value is -4.09. The lowest BCUT2D eigenvalue weighted by Crippen LogP contribution is -2.67. The molecule has 0 amide bonds. The van der Waals surface area contributed by atoms with Crippen molar-refractivity contribution in [3.05, 3.63) is 128 Å². The van der Waals surface area contributed by atoms with Crippen molar-refractivity contribution in [2.45, 2.75) is 372 Å². The van der Waals surface area contributed by atoms with Gasteiger partial charge in [0.05, 0.1) is 33.0 Å². The highest BCUT2D eigenvalue weighted by Gasteiger charge is 2.57. The maximum Gasteiger partial charge on any atom is 0.483 e. The van der Waals surface area contributed by atoms with Crippen molar-refractivity contribution in [1.82, 2.24) is 0 Å². The van der Waals surface area contributed by atoms with Gasteiger partial charge in [-0.1, -0.05) is 128 Å². The first kappa shape index (κ1) is 108. The molecule has 2 unspecified atom stereocenters. The molecule has 5 aliphatic rings. The lowest BCUT2D eigenvalue weighted by atomic mass is 9.95. The zero-order valence-corrected chi connectivity index (χ0v) is 75.0. The monoisotopic (exact) mass is 1780 g/mol. The van der Waals surface area contributed by atoms with E-state index < -0.39 is 215 Å². The number of hydrogen-bond donors (Lipinski definition) is 17. The molecule has 33 nitrogen and oxygen atoms in total. The largest absolute Gasteiger partial charge is 0.483 e. The van der Waals surface area contributed by atoms with Crippen LogP contribution >= 0.6 is 15.6 Å². The highest BCUT2D eigenvalue weighted by atomic mass is 31.3. The minimum Gasteiger partial charge on any atom is -0.463 e. The van der Waals surface area contributed by atoms with Crippen molar-refractivity contribution in [3.8, 4) is 0 Å². The predicted octanol–water partition coefficient (Wildman–Crippen LogP) is 8.14. The van der Waals surface area contributed by atoms with Gasteiger partial charge in [-0.25, -0.2) is 9.13 Å². The molecule has 5 aliphatic heterocycles. The average Bonchev–Trinajstić information content (AvgIpc) is 0.770. The van der Waals surface area contributed by atoms with Crippen LogP contribution in [-0.2, 0) is 74.7 Å². The van der Waals surface area contributed by atoms with E-state index in [0.717, 1.165) is 128 Å².